The molecular formula is C31H38BrN3O10. The van der Waals surface area contributed by atoms with E-state index in [-0.39, 0.29) is 36.8 Å². The van der Waals surface area contributed by atoms with E-state index in [0.29, 0.717) is 34.1 Å². The summed E-state index contributed by atoms with van der Waals surface area (Å²) in [5.41, 5.74) is 2.78. The molecule has 4 rings (SSSR count). The van der Waals surface area contributed by atoms with Gasteiger partial charge >= 0.3 is 12.1 Å². The monoisotopic (exact) mass is 691 g/mol. The fourth-order valence-electron chi connectivity index (χ4n) is 3.89. The number of benzene rings is 2. The molecule has 0 radical (unpaired) electrons. The van der Waals surface area contributed by atoms with Crippen molar-refractivity contribution in [2.75, 3.05) is 31.6 Å². The van der Waals surface area contributed by atoms with Gasteiger partial charge in [-0.3, -0.25) is 33.8 Å². The fourth-order valence-corrected chi connectivity index (χ4v) is 4.24. The number of carbonyl (C=O) groups excluding carboxylic acids is 6. The summed E-state index contributed by atoms with van der Waals surface area (Å²) < 4.78 is 9.68. The van der Waals surface area contributed by atoms with Crippen molar-refractivity contribution in [3.8, 4) is 0 Å². The summed E-state index contributed by atoms with van der Waals surface area (Å²) >= 11 is 3.21. The van der Waals surface area contributed by atoms with Crippen molar-refractivity contribution in [1.82, 2.24) is 15.3 Å². The van der Waals surface area contributed by atoms with Gasteiger partial charge in [-0.05, 0) is 65.8 Å². The van der Waals surface area contributed by atoms with Crippen LogP contribution in [-0.4, -0.2) is 93.4 Å². The number of aliphatic hydroxyl groups is 1. The van der Waals surface area contributed by atoms with E-state index in [1.165, 1.54) is 4.90 Å². The van der Waals surface area contributed by atoms with Crippen molar-refractivity contribution in [2.24, 2.45) is 0 Å². The summed E-state index contributed by atoms with van der Waals surface area (Å²) in [6, 6.07) is 13.5. The number of halogens is 1. The molecule has 0 aromatic heterocycles. The van der Waals surface area contributed by atoms with Gasteiger partial charge in [0.25, 0.3) is 23.6 Å². The van der Waals surface area contributed by atoms with Crippen LogP contribution < -0.4 is 5.48 Å². The number of carbonyl (C=O) groups is 6. The lowest BCUT2D eigenvalue weighted by Gasteiger charge is -2.19. The third-order valence-corrected chi connectivity index (χ3v) is 5.94. The normalized spacial score (nSPS) is 13.7. The first-order valence-corrected chi connectivity index (χ1v) is 15.0. The molecule has 0 saturated heterocycles. The van der Waals surface area contributed by atoms with Crippen LogP contribution in [0.3, 0.4) is 0 Å². The smallest absolute Gasteiger partial charge is 0.431 e. The van der Waals surface area contributed by atoms with E-state index >= 15 is 0 Å². The van der Waals surface area contributed by atoms with Gasteiger partial charge in [0, 0.05) is 11.9 Å². The number of hydroxylamine groups is 1. The van der Waals surface area contributed by atoms with Gasteiger partial charge < -0.3 is 14.6 Å². The van der Waals surface area contributed by atoms with E-state index in [0.717, 1.165) is 4.90 Å². The molecule has 244 valence electrons. The number of aliphatic hydroxyl groups excluding tert-OH is 1. The average Bonchev–Trinajstić information content (AvgIpc) is 3.35. The highest BCUT2D eigenvalue weighted by atomic mass is 79.9. The summed E-state index contributed by atoms with van der Waals surface area (Å²) in [5, 5.41) is 8.83. The summed E-state index contributed by atoms with van der Waals surface area (Å²) in [6.07, 6.45) is -0.727. The molecule has 0 atom stereocenters. The molecular weight excluding hydrogens is 654 g/mol. The third-order valence-electron chi connectivity index (χ3n) is 5.58. The first kappa shape index (κ1) is 37.0. The molecule has 14 heteroatoms. The molecule has 0 unspecified atom stereocenters. The Kier molecular flexibility index (Phi) is 13.4. The molecule has 2 aliphatic rings. The van der Waals surface area contributed by atoms with Crippen molar-refractivity contribution in [1.29, 1.82) is 0 Å². The maximum absolute atomic E-state index is 12.1. The van der Waals surface area contributed by atoms with E-state index < -0.39 is 29.9 Å². The number of esters is 1. The maximum Gasteiger partial charge on any atom is 0.431 e. The second-order valence-corrected chi connectivity index (χ2v) is 12.3. The minimum absolute atomic E-state index is 0.0231. The summed E-state index contributed by atoms with van der Waals surface area (Å²) in [6.45, 7) is 10.3. The number of fused-ring (bicyclic) bond motifs is 2. The van der Waals surface area contributed by atoms with Crippen molar-refractivity contribution in [2.45, 2.75) is 52.7 Å². The molecule has 2 N–H and O–H groups in total. The SMILES string of the molecule is CC(C)(C)OC(=O)CO.CC(C)(C)OC(=O)NOCCN1C(=O)c2ccccc2C1=O.O=C1c2ccccc2C(=O)N1CCBr. The third kappa shape index (κ3) is 11.1. The van der Waals surface area contributed by atoms with Crippen LogP contribution in [-0.2, 0) is 19.1 Å². The first-order valence-electron chi connectivity index (χ1n) is 13.9. The number of imide groups is 2. The highest BCUT2D eigenvalue weighted by molar-refractivity contribution is 9.09. The molecule has 0 saturated carbocycles. The number of alkyl halides is 1. The van der Waals surface area contributed by atoms with E-state index in [4.69, 9.17) is 19.4 Å². The highest BCUT2D eigenvalue weighted by Crippen LogP contribution is 2.23. The predicted molar refractivity (Wildman–Crippen MR) is 166 cm³/mol. The van der Waals surface area contributed by atoms with Crippen LogP contribution in [0.1, 0.15) is 83.0 Å². The zero-order chi connectivity index (χ0) is 33.9. The van der Waals surface area contributed by atoms with Gasteiger partial charge in [-0.15, -0.1) is 0 Å². The van der Waals surface area contributed by atoms with Crippen LogP contribution in [0.2, 0.25) is 0 Å². The minimum atomic E-state index is -0.727. The van der Waals surface area contributed by atoms with Crippen LogP contribution >= 0.6 is 15.9 Å². The number of hydrogen-bond donors (Lipinski definition) is 2. The van der Waals surface area contributed by atoms with E-state index in [2.05, 4.69) is 21.4 Å². The van der Waals surface area contributed by atoms with Gasteiger partial charge in [0.05, 0.1) is 35.4 Å². The Labute approximate surface area is 269 Å². The van der Waals surface area contributed by atoms with Crippen molar-refractivity contribution >= 4 is 51.6 Å². The van der Waals surface area contributed by atoms with Gasteiger partial charge in [-0.2, -0.15) is 5.48 Å². The Balaban J connectivity index is 0.000000262. The zero-order valence-electron chi connectivity index (χ0n) is 26.0. The maximum atomic E-state index is 12.1. The number of ether oxygens (including phenoxy) is 2. The molecule has 13 nitrogen and oxygen atoms in total. The van der Waals surface area contributed by atoms with Crippen LogP contribution in [0.15, 0.2) is 48.5 Å². The summed E-state index contributed by atoms with van der Waals surface area (Å²) in [7, 11) is 0. The second kappa shape index (κ2) is 16.3. The molecule has 2 aromatic carbocycles. The van der Waals surface area contributed by atoms with Crippen molar-refractivity contribution in [3.63, 3.8) is 0 Å². The molecule has 0 aliphatic carbocycles. The number of amides is 5. The number of nitrogens with zero attached hydrogens (tertiary/aromatic N) is 2. The Bertz CT molecular complexity index is 1340. The van der Waals surface area contributed by atoms with Gasteiger partial charge in [-0.25, -0.2) is 9.59 Å². The van der Waals surface area contributed by atoms with E-state index in [1.54, 1.807) is 90.1 Å². The molecule has 0 spiro atoms. The average molecular weight is 693 g/mol. The predicted octanol–water partition coefficient (Wildman–Crippen LogP) is 3.74. The van der Waals surface area contributed by atoms with Gasteiger partial charge in [0.1, 0.15) is 17.8 Å². The number of rotatable bonds is 7. The lowest BCUT2D eigenvalue weighted by atomic mass is 10.1. The molecule has 45 heavy (non-hydrogen) atoms. The largest absolute Gasteiger partial charge is 0.458 e. The molecule has 5 amide bonds. The molecule has 2 heterocycles. The molecule has 2 aromatic rings. The molecule has 0 bridgehead atoms. The van der Waals surface area contributed by atoms with Gasteiger partial charge in [0.15, 0.2) is 0 Å². The van der Waals surface area contributed by atoms with Gasteiger partial charge in [0.2, 0.25) is 0 Å². The minimum Gasteiger partial charge on any atom is -0.458 e. The molecule has 0 fully saturated rings. The summed E-state index contributed by atoms with van der Waals surface area (Å²) in [4.78, 5) is 76.5. The first-order chi connectivity index (χ1) is 21.0. The Morgan fingerprint density at radius 1 is 0.711 bits per heavy atom. The standard InChI is InChI=1S/C15H18N2O5.C10H8BrNO2.C6H12O3/c1-15(2,3)22-14(20)16-21-9-8-17-12(18)10-6-4-5-7-11(10)13(17)19;11-5-6-12-9(13)7-3-1-2-4-8(7)10(12)14;1-6(2,3)9-5(8)4-7/h4-7H,8-9H2,1-3H3,(H,16,20);1-4H,5-6H2;7H,4H2,1-3H3. The lowest BCUT2D eigenvalue weighted by Crippen LogP contribution is -2.37. The lowest BCUT2D eigenvalue weighted by molar-refractivity contribution is -0.158. The summed E-state index contributed by atoms with van der Waals surface area (Å²) in [5.74, 6) is -1.68. The highest BCUT2D eigenvalue weighted by Gasteiger charge is 2.35. The Hall–Kier alpha value is -4.14. The second-order valence-electron chi connectivity index (χ2n) is 11.5. The quantitative estimate of drug-likeness (QED) is 0.143. The topological polar surface area (TPSA) is 169 Å². The van der Waals surface area contributed by atoms with Crippen molar-refractivity contribution < 1.29 is 48.2 Å². The van der Waals surface area contributed by atoms with Crippen LogP contribution in [0, 0.1) is 0 Å². The van der Waals surface area contributed by atoms with E-state index in [1.807, 2.05) is 0 Å². The van der Waals surface area contributed by atoms with Crippen molar-refractivity contribution in [3.05, 3.63) is 70.8 Å². The van der Waals surface area contributed by atoms with Crippen LogP contribution in [0.25, 0.3) is 0 Å². The van der Waals surface area contributed by atoms with Crippen LogP contribution in [0.5, 0.6) is 0 Å². The van der Waals surface area contributed by atoms with Gasteiger partial charge in [-0.1, -0.05) is 40.2 Å². The molecule has 2 aliphatic heterocycles. The Morgan fingerprint density at radius 2 is 1.09 bits per heavy atom. The number of nitrogens with one attached hydrogen (secondary N) is 1. The van der Waals surface area contributed by atoms with Crippen LogP contribution in [0.4, 0.5) is 4.79 Å². The van der Waals surface area contributed by atoms with E-state index in [9.17, 15) is 28.8 Å². The fraction of sp³-hybridized carbons (Fsp3) is 0.419. The number of hydrogen-bond acceptors (Lipinski definition) is 10. The zero-order valence-corrected chi connectivity index (χ0v) is 27.6. The Morgan fingerprint density at radius 3 is 1.40 bits per heavy atom.